The summed E-state index contributed by atoms with van der Waals surface area (Å²) < 4.78 is 3.75. The lowest BCUT2D eigenvalue weighted by molar-refractivity contribution is -0.135. The highest BCUT2D eigenvalue weighted by molar-refractivity contribution is 6.06. The number of carbonyl (C=O) groups is 2. The molecule has 0 saturated carbocycles. The molecule has 2 amide bonds. The minimum absolute atomic E-state index is 0.0412. The summed E-state index contributed by atoms with van der Waals surface area (Å²) >= 11 is 0. The van der Waals surface area contributed by atoms with Crippen LogP contribution in [0.3, 0.4) is 0 Å². The number of carbonyl (C=O) groups excluding carboxylic acids is 2. The Morgan fingerprint density at radius 1 is 1.11 bits per heavy atom. The van der Waals surface area contributed by atoms with Crippen LogP contribution in [-0.4, -0.2) is 65.9 Å². The van der Waals surface area contributed by atoms with Crippen LogP contribution < -0.4 is 22.3 Å². The summed E-state index contributed by atoms with van der Waals surface area (Å²) in [5.74, 6) is -0.192. The summed E-state index contributed by atoms with van der Waals surface area (Å²) in [6, 6.07) is 8.77. The van der Waals surface area contributed by atoms with Gasteiger partial charge in [0.15, 0.2) is 0 Å². The summed E-state index contributed by atoms with van der Waals surface area (Å²) in [5.41, 5.74) is 8.56. The molecule has 5 N–H and O–H groups in total. The number of aliphatic imine (C=N–C) groups is 1. The summed E-state index contributed by atoms with van der Waals surface area (Å²) in [6.07, 6.45) is 6.71. The summed E-state index contributed by atoms with van der Waals surface area (Å²) in [7, 11) is 1.67. The van der Waals surface area contributed by atoms with Crippen LogP contribution in [0, 0.1) is 11.3 Å². The molecular weight excluding hydrogens is 600 g/mol. The third-order valence-electron chi connectivity index (χ3n) is 8.36. The van der Waals surface area contributed by atoms with E-state index in [0.717, 1.165) is 40.6 Å². The predicted molar refractivity (Wildman–Crippen MR) is 181 cm³/mol. The Balaban J connectivity index is 1.41. The van der Waals surface area contributed by atoms with Gasteiger partial charge in [-0.1, -0.05) is 26.0 Å². The molecule has 4 heterocycles. The summed E-state index contributed by atoms with van der Waals surface area (Å²) in [6.45, 7) is 8.74. The highest BCUT2D eigenvalue weighted by atomic mass is 16.2. The minimum atomic E-state index is -0.751. The van der Waals surface area contributed by atoms with Crippen molar-refractivity contribution in [3.05, 3.63) is 86.7 Å². The number of aromatic amines is 1. The summed E-state index contributed by atoms with van der Waals surface area (Å²) in [5, 5.41) is 14.3. The average Bonchev–Trinajstić information content (AvgIpc) is 3.68. The highest BCUT2D eigenvalue weighted by Gasteiger charge is 2.27. The lowest BCUT2D eigenvalue weighted by Gasteiger charge is -2.32. The predicted octanol–water partition coefficient (Wildman–Crippen LogP) is 3.24. The lowest BCUT2D eigenvalue weighted by atomic mass is 9.92. The number of benzene rings is 1. The van der Waals surface area contributed by atoms with E-state index in [4.69, 9.17) is 11.1 Å². The molecule has 0 bridgehead atoms. The van der Waals surface area contributed by atoms with E-state index >= 15 is 0 Å². The van der Waals surface area contributed by atoms with Gasteiger partial charge in [0, 0.05) is 67.4 Å². The van der Waals surface area contributed by atoms with Gasteiger partial charge in [0.1, 0.15) is 17.7 Å². The largest absolute Gasteiger partial charge is 0.382 e. The number of aromatic nitrogens is 5. The molecule has 5 rings (SSSR count). The number of anilines is 1. The molecule has 1 fully saturated rings. The van der Waals surface area contributed by atoms with E-state index in [1.54, 1.807) is 33.0 Å². The first-order chi connectivity index (χ1) is 22.4. The zero-order valence-electron chi connectivity index (χ0n) is 27.2. The van der Waals surface area contributed by atoms with Gasteiger partial charge in [-0.3, -0.25) is 29.0 Å². The molecule has 47 heavy (non-hydrogen) atoms. The topological polar surface area (TPSA) is 189 Å². The minimum Gasteiger partial charge on any atom is -0.382 e. The normalized spacial score (nSPS) is 14.2. The smallest absolute Gasteiger partial charge is 0.336 e. The zero-order valence-corrected chi connectivity index (χ0v) is 27.2. The number of nitrogens with zero attached hydrogens (tertiary/aromatic N) is 6. The van der Waals surface area contributed by atoms with Crippen LogP contribution in [-0.2, 0) is 11.8 Å². The molecule has 14 heteroatoms. The summed E-state index contributed by atoms with van der Waals surface area (Å²) in [4.78, 5) is 61.7. The first kappa shape index (κ1) is 32.9. The van der Waals surface area contributed by atoms with Crippen molar-refractivity contribution in [2.75, 3.05) is 18.4 Å². The van der Waals surface area contributed by atoms with E-state index in [9.17, 15) is 19.2 Å². The maximum Gasteiger partial charge on any atom is 0.336 e. The van der Waals surface area contributed by atoms with Crippen LogP contribution >= 0.6 is 0 Å². The maximum atomic E-state index is 13.4. The highest BCUT2D eigenvalue weighted by Crippen LogP contribution is 2.34. The number of piperidine rings is 1. The third kappa shape index (κ3) is 6.71. The first-order valence-electron chi connectivity index (χ1n) is 15.5. The van der Waals surface area contributed by atoms with Crippen LogP contribution in [0.4, 0.5) is 5.69 Å². The molecule has 0 atom stereocenters. The zero-order chi connectivity index (χ0) is 34.0. The molecule has 0 radical (unpaired) electrons. The number of aryl methyl sites for hydroxylation is 1. The second-order valence-electron chi connectivity index (χ2n) is 12.3. The van der Waals surface area contributed by atoms with Gasteiger partial charge in [0.2, 0.25) is 5.91 Å². The van der Waals surface area contributed by atoms with Crippen molar-refractivity contribution in [1.29, 1.82) is 5.41 Å². The van der Waals surface area contributed by atoms with Crippen LogP contribution in [0.15, 0.2) is 63.5 Å². The van der Waals surface area contributed by atoms with Crippen molar-refractivity contribution >= 4 is 29.7 Å². The lowest BCUT2D eigenvalue weighted by Crippen LogP contribution is -2.42. The van der Waals surface area contributed by atoms with Crippen molar-refractivity contribution in [3.63, 3.8) is 0 Å². The average molecular weight is 641 g/mol. The van der Waals surface area contributed by atoms with Crippen LogP contribution in [0.2, 0.25) is 0 Å². The van der Waals surface area contributed by atoms with Crippen molar-refractivity contribution < 1.29 is 9.59 Å². The standard InChI is InChI=1S/C33H40N10O4/c1-19(2)31(45)41-12-10-22(11-13-41)27-14-25(28(39-27)29(35)36-18-34)21-6-8-23(9-7-21)38-30(44)26-17-42(20(3)4)33(47)43(32(26)46)24-15-37-40(5)16-24/h6-9,14-20,22,39H,10-13H2,1-5H3,(H,38,44)(H3,34,35,36). The number of likely N-dealkylation sites (tertiary alicyclic amines) is 1. The molecule has 1 aliphatic rings. The molecule has 0 unspecified atom stereocenters. The molecule has 246 valence electrons. The SMILES string of the molecule is CC(C)C(=O)N1CCC(c2cc(-c3ccc(NC(=O)c4cn(C(C)C)c(=O)n(-c5cnn(C)c5)c4=O)cc3)c(C(N)=NC=N)[nH]2)CC1. The number of rotatable bonds is 9. The second-order valence-corrected chi connectivity index (χ2v) is 12.3. The number of hydrogen-bond acceptors (Lipinski definition) is 6. The number of nitrogens with one attached hydrogen (secondary N) is 3. The van der Waals surface area contributed by atoms with Gasteiger partial charge in [0.25, 0.3) is 11.5 Å². The molecule has 1 aliphatic heterocycles. The fourth-order valence-corrected chi connectivity index (χ4v) is 5.82. The molecular formula is C33H40N10O4. The maximum absolute atomic E-state index is 13.4. The fraction of sp³-hybridized carbons (Fsp3) is 0.364. The van der Waals surface area contributed by atoms with E-state index in [-0.39, 0.29) is 40.9 Å². The third-order valence-corrected chi connectivity index (χ3v) is 8.36. The molecule has 14 nitrogen and oxygen atoms in total. The molecule has 0 spiro atoms. The second kappa shape index (κ2) is 13.4. The van der Waals surface area contributed by atoms with Gasteiger partial charge in [-0.15, -0.1) is 0 Å². The number of nitrogens with two attached hydrogens (primary N) is 1. The molecule has 1 saturated heterocycles. The van der Waals surface area contributed by atoms with Gasteiger partial charge in [0.05, 0.1) is 17.6 Å². The van der Waals surface area contributed by atoms with Crippen molar-refractivity contribution in [2.24, 2.45) is 23.7 Å². The van der Waals surface area contributed by atoms with E-state index in [0.29, 0.717) is 24.5 Å². The quantitative estimate of drug-likeness (QED) is 0.160. The van der Waals surface area contributed by atoms with Crippen molar-refractivity contribution in [1.82, 2.24) is 28.8 Å². The fourth-order valence-electron chi connectivity index (χ4n) is 5.82. The van der Waals surface area contributed by atoms with Gasteiger partial charge < -0.3 is 20.9 Å². The Morgan fingerprint density at radius 3 is 2.36 bits per heavy atom. The van der Waals surface area contributed by atoms with E-state index in [1.807, 2.05) is 36.9 Å². The molecule has 1 aromatic carbocycles. The van der Waals surface area contributed by atoms with Crippen molar-refractivity contribution in [2.45, 2.75) is 52.5 Å². The van der Waals surface area contributed by atoms with Gasteiger partial charge in [-0.2, -0.15) is 5.10 Å². The van der Waals surface area contributed by atoms with Crippen LogP contribution in [0.25, 0.3) is 16.8 Å². The van der Waals surface area contributed by atoms with E-state index in [1.165, 1.54) is 27.8 Å². The monoisotopic (exact) mass is 640 g/mol. The van der Waals surface area contributed by atoms with E-state index < -0.39 is 17.2 Å². The molecule has 3 aromatic heterocycles. The Morgan fingerprint density at radius 2 is 1.79 bits per heavy atom. The first-order valence-corrected chi connectivity index (χ1v) is 15.5. The van der Waals surface area contributed by atoms with Gasteiger partial charge >= 0.3 is 5.69 Å². The van der Waals surface area contributed by atoms with Gasteiger partial charge in [-0.25, -0.2) is 14.4 Å². The Kier molecular flexibility index (Phi) is 9.40. The molecule has 4 aromatic rings. The Labute approximate surface area is 271 Å². The molecule has 0 aliphatic carbocycles. The Hall–Kier alpha value is -5.53. The number of amidine groups is 1. The van der Waals surface area contributed by atoms with E-state index in [2.05, 4.69) is 20.4 Å². The van der Waals surface area contributed by atoms with Crippen LogP contribution in [0.1, 0.15) is 74.2 Å². The van der Waals surface area contributed by atoms with Crippen LogP contribution in [0.5, 0.6) is 0 Å². The number of hydrogen-bond donors (Lipinski definition) is 4. The van der Waals surface area contributed by atoms with Gasteiger partial charge in [-0.05, 0) is 50.5 Å². The Bertz CT molecular complexity index is 1950. The number of amides is 2. The van der Waals surface area contributed by atoms with Crippen molar-refractivity contribution in [3.8, 4) is 16.8 Å². The number of H-pyrrole nitrogens is 1.